The lowest BCUT2D eigenvalue weighted by atomic mass is 10.2. The Labute approximate surface area is 94.3 Å². The molecule has 5 nitrogen and oxygen atoms in total. The van der Waals surface area contributed by atoms with Crippen LogP contribution in [0.4, 0.5) is 0 Å². The number of pyridine rings is 1. The van der Waals surface area contributed by atoms with Gasteiger partial charge in [-0.15, -0.1) is 5.10 Å². The second-order valence-corrected chi connectivity index (χ2v) is 3.72. The van der Waals surface area contributed by atoms with E-state index in [2.05, 4.69) is 15.3 Å². The summed E-state index contributed by atoms with van der Waals surface area (Å²) in [6.45, 7) is 2.71. The molecule has 0 radical (unpaired) electrons. The number of nitrogens with zero attached hydrogens (tertiary/aromatic N) is 4. The second kappa shape index (κ2) is 4.85. The molecule has 0 saturated carbocycles. The third-order valence-corrected chi connectivity index (χ3v) is 2.44. The summed E-state index contributed by atoms with van der Waals surface area (Å²) in [5.41, 5.74) is 7.81. The Balaban J connectivity index is 2.09. The molecule has 5 heteroatoms. The van der Waals surface area contributed by atoms with Gasteiger partial charge in [0.15, 0.2) is 0 Å². The standard InChI is InChI=1S/C11H15N5/c1-2-10(12)11-8-16(15-14-11)7-9-4-3-5-13-6-9/h3-6,8,10H,2,7,12H2,1H3. The number of hydrogen-bond donors (Lipinski definition) is 1. The molecule has 0 aliphatic heterocycles. The summed E-state index contributed by atoms with van der Waals surface area (Å²) in [6, 6.07) is 3.89. The summed E-state index contributed by atoms with van der Waals surface area (Å²) in [6.07, 6.45) is 6.33. The van der Waals surface area contributed by atoms with Crippen LogP contribution < -0.4 is 5.73 Å². The zero-order valence-corrected chi connectivity index (χ0v) is 9.24. The highest BCUT2D eigenvalue weighted by Crippen LogP contribution is 2.09. The zero-order chi connectivity index (χ0) is 11.4. The average molecular weight is 217 g/mol. The lowest BCUT2D eigenvalue weighted by Gasteiger charge is -2.02. The minimum Gasteiger partial charge on any atom is -0.323 e. The summed E-state index contributed by atoms with van der Waals surface area (Å²) in [4.78, 5) is 4.05. The van der Waals surface area contributed by atoms with E-state index in [4.69, 9.17) is 5.73 Å². The number of aromatic nitrogens is 4. The van der Waals surface area contributed by atoms with Gasteiger partial charge in [-0.1, -0.05) is 18.2 Å². The molecule has 0 amide bonds. The van der Waals surface area contributed by atoms with Gasteiger partial charge in [0, 0.05) is 12.4 Å². The largest absolute Gasteiger partial charge is 0.323 e. The lowest BCUT2D eigenvalue weighted by Crippen LogP contribution is -2.08. The Kier molecular flexibility index (Phi) is 3.26. The van der Waals surface area contributed by atoms with Crippen molar-refractivity contribution in [3.8, 4) is 0 Å². The second-order valence-electron chi connectivity index (χ2n) is 3.72. The minimum absolute atomic E-state index is 0.0253. The smallest absolute Gasteiger partial charge is 0.0994 e. The molecule has 0 bridgehead atoms. The predicted molar refractivity (Wildman–Crippen MR) is 60.6 cm³/mol. The third kappa shape index (κ3) is 2.43. The quantitative estimate of drug-likeness (QED) is 0.833. The van der Waals surface area contributed by atoms with Crippen molar-refractivity contribution in [3.63, 3.8) is 0 Å². The van der Waals surface area contributed by atoms with Crippen molar-refractivity contribution in [1.29, 1.82) is 0 Å². The third-order valence-electron chi connectivity index (χ3n) is 2.44. The first-order chi connectivity index (χ1) is 7.79. The molecule has 2 rings (SSSR count). The molecule has 2 N–H and O–H groups in total. The monoisotopic (exact) mass is 217 g/mol. The SMILES string of the molecule is CCC(N)c1cn(Cc2cccnc2)nn1. The van der Waals surface area contributed by atoms with E-state index in [1.54, 1.807) is 10.9 Å². The van der Waals surface area contributed by atoms with E-state index in [1.165, 1.54) is 0 Å². The van der Waals surface area contributed by atoms with Crippen molar-refractivity contribution >= 4 is 0 Å². The lowest BCUT2D eigenvalue weighted by molar-refractivity contribution is 0.643. The van der Waals surface area contributed by atoms with Gasteiger partial charge in [0.25, 0.3) is 0 Å². The van der Waals surface area contributed by atoms with Crippen molar-refractivity contribution in [2.45, 2.75) is 25.9 Å². The number of hydrogen-bond acceptors (Lipinski definition) is 4. The molecule has 0 aromatic carbocycles. The topological polar surface area (TPSA) is 69.6 Å². The Bertz CT molecular complexity index is 437. The first kappa shape index (κ1) is 10.8. The highest BCUT2D eigenvalue weighted by atomic mass is 15.4. The molecule has 0 spiro atoms. The molecular weight excluding hydrogens is 202 g/mol. The fraction of sp³-hybridized carbons (Fsp3) is 0.364. The average Bonchev–Trinajstić information content (AvgIpc) is 2.78. The fourth-order valence-electron chi connectivity index (χ4n) is 1.45. The van der Waals surface area contributed by atoms with E-state index >= 15 is 0 Å². The van der Waals surface area contributed by atoms with Gasteiger partial charge in [-0.3, -0.25) is 4.98 Å². The molecule has 84 valence electrons. The Morgan fingerprint density at radius 2 is 2.38 bits per heavy atom. The van der Waals surface area contributed by atoms with E-state index in [9.17, 15) is 0 Å². The molecular formula is C11H15N5. The van der Waals surface area contributed by atoms with E-state index in [1.807, 2.05) is 31.5 Å². The van der Waals surface area contributed by atoms with Crippen LogP contribution in [0, 0.1) is 0 Å². The highest BCUT2D eigenvalue weighted by molar-refractivity contribution is 5.09. The fourth-order valence-corrected chi connectivity index (χ4v) is 1.45. The molecule has 0 aliphatic carbocycles. The molecule has 0 aliphatic rings. The maximum atomic E-state index is 5.87. The van der Waals surface area contributed by atoms with Gasteiger partial charge < -0.3 is 5.73 Å². The van der Waals surface area contributed by atoms with E-state index in [0.29, 0.717) is 6.54 Å². The maximum Gasteiger partial charge on any atom is 0.0994 e. The minimum atomic E-state index is -0.0253. The van der Waals surface area contributed by atoms with E-state index in [0.717, 1.165) is 17.7 Å². The van der Waals surface area contributed by atoms with Crippen LogP contribution in [0.3, 0.4) is 0 Å². The van der Waals surface area contributed by atoms with Crippen LogP contribution in [0.25, 0.3) is 0 Å². The maximum absolute atomic E-state index is 5.87. The summed E-state index contributed by atoms with van der Waals surface area (Å²) in [7, 11) is 0. The van der Waals surface area contributed by atoms with Gasteiger partial charge in [0.05, 0.1) is 24.5 Å². The normalized spacial score (nSPS) is 12.6. The Morgan fingerprint density at radius 3 is 3.06 bits per heavy atom. The summed E-state index contributed by atoms with van der Waals surface area (Å²) >= 11 is 0. The van der Waals surface area contributed by atoms with Crippen LogP contribution in [0.2, 0.25) is 0 Å². The first-order valence-corrected chi connectivity index (χ1v) is 5.34. The molecule has 1 unspecified atom stereocenters. The predicted octanol–water partition coefficient (Wildman–Crippen LogP) is 1.13. The van der Waals surface area contributed by atoms with Crippen molar-refractivity contribution in [2.75, 3.05) is 0 Å². The van der Waals surface area contributed by atoms with Crippen molar-refractivity contribution < 1.29 is 0 Å². The van der Waals surface area contributed by atoms with Crippen molar-refractivity contribution in [3.05, 3.63) is 42.0 Å². The van der Waals surface area contributed by atoms with E-state index < -0.39 is 0 Å². The van der Waals surface area contributed by atoms with Crippen LogP contribution in [0.5, 0.6) is 0 Å². The highest BCUT2D eigenvalue weighted by Gasteiger charge is 2.08. The van der Waals surface area contributed by atoms with Crippen LogP contribution in [-0.2, 0) is 6.54 Å². The van der Waals surface area contributed by atoms with Gasteiger partial charge in [-0.25, -0.2) is 4.68 Å². The number of nitrogens with two attached hydrogens (primary N) is 1. The van der Waals surface area contributed by atoms with Crippen molar-refractivity contribution in [2.24, 2.45) is 5.73 Å². The van der Waals surface area contributed by atoms with Gasteiger partial charge in [-0.05, 0) is 18.1 Å². The molecule has 2 heterocycles. The van der Waals surface area contributed by atoms with Crippen molar-refractivity contribution in [1.82, 2.24) is 20.0 Å². The molecule has 0 fully saturated rings. The molecule has 2 aromatic rings. The van der Waals surface area contributed by atoms with Crippen LogP contribution >= 0.6 is 0 Å². The zero-order valence-electron chi connectivity index (χ0n) is 9.24. The van der Waals surface area contributed by atoms with Crippen LogP contribution in [0.15, 0.2) is 30.7 Å². The summed E-state index contributed by atoms with van der Waals surface area (Å²) in [5.74, 6) is 0. The summed E-state index contributed by atoms with van der Waals surface area (Å²) < 4.78 is 1.78. The van der Waals surface area contributed by atoms with Crippen LogP contribution in [0.1, 0.15) is 30.6 Å². The Hall–Kier alpha value is -1.75. The van der Waals surface area contributed by atoms with Gasteiger partial charge >= 0.3 is 0 Å². The molecule has 16 heavy (non-hydrogen) atoms. The Morgan fingerprint density at radius 1 is 1.50 bits per heavy atom. The molecule has 1 atom stereocenters. The van der Waals surface area contributed by atoms with Crippen LogP contribution in [-0.4, -0.2) is 20.0 Å². The van der Waals surface area contributed by atoms with Gasteiger partial charge in [-0.2, -0.15) is 0 Å². The molecule has 2 aromatic heterocycles. The first-order valence-electron chi connectivity index (χ1n) is 5.34. The number of rotatable bonds is 4. The summed E-state index contributed by atoms with van der Waals surface area (Å²) in [5, 5.41) is 8.09. The van der Waals surface area contributed by atoms with Gasteiger partial charge in [0.1, 0.15) is 0 Å². The van der Waals surface area contributed by atoms with E-state index in [-0.39, 0.29) is 6.04 Å². The molecule has 0 saturated heterocycles. The van der Waals surface area contributed by atoms with Gasteiger partial charge in [0.2, 0.25) is 0 Å².